The van der Waals surface area contributed by atoms with Gasteiger partial charge in [-0.2, -0.15) is 0 Å². The predicted molar refractivity (Wildman–Crippen MR) is 56.3 cm³/mol. The van der Waals surface area contributed by atoms with Gasteiger partial charge in [-0.25, -0.2) is 4.39 Å². The van der Waals surface area contributed by atoms with Gasteiger partial charge in [-0.05, 0) is 30.0 Å². The molecular formula is C12H17FO. The van der Waals surface area contributed by atoms with Gasteiger partial charge in [0.25, 0.3) is 0 Å². The fraction of sp³-hybridized carbons (Fsp3) is 0.500. The Morgan fingerprint density at radius 1 is 1.36 bits per heavy atom. The Bertz CT molecular complexity index is 294. The molecule has 0 aromatic heterocycles. The quantitative estimate of drug-likeness (QED) is 0.712. The number of benzene rings is 1. The van der Waals surface area contributed by atoms with E-state index in [2.05, 4.69) is 0 Å². The maximum atomic E-state index is 13.4. The average molecular weight is 196 g/mol. The Morgan fingerprint density at radius 3 is 2.57 bits per heavy atom. The summed E-state index contributed by atoms with van der Waals surface area (Å²) in [6, 6.07) is 5.18. The monoisotopic (exact) mass is 196 g/mol. The lowest BCUT2D eigenvalue weighted by Crippen LogP contribution is -1.98. The Hall–Kier alpha value is -1.05. The smallest absolute Gasteiger partial charge is 0.165 e. The number of halogens is 1. The van der Waals surface area contributed by atoms with E-state index in [0.29, 0.717) is 18.3 Å². The van der Waals surface area contributed by atoms with Crippen LogP contribution in [-0.4, -0.2) is 6.61 Å². The van der Waals surface area contributed by atoms with Gasteiger partial charge in [0.1, 0.15) is 0 Å². The number of rotatable bonds is 4. The van der Waals surface area contributed by atoms with Crippen molar-refractivity contribution in [2.75, 3.05) is 6.61 Å². The fourth-order valence-corrected chi connectivity index (χ4v) is 1.21. The van der Waals surface area contributed by atoms with Gasteiger partial charge in [-0.1, -0.05) is 26.8 Å². The van der Waals surface area contributed by atoms with Crippen molar-refractivity contribution >= 4 is 0 Å². The molecule has 0 fully saturated rings. The van der Waals surface area contributed by atoms with Gasteiger partial charge >= 0.3 is 0 Å². The molecule has 0 aliphatic heterocycles. The molecule has 0 saturated heterocycles. The topological polar surface area (TPSA) is 9.23 Å². The summed E-state index contributed by atoms with van der Waals surface area (Å²) in [7, 11) is 0. The van der Waals surface area contributed by atoms with Gasteiger partial charge in [0, 0.05) is 0 Å². The van der Waals surface area contributed by atoms with Crippen molar-refractivity contribution in [2.24, 2.45) is 0 Å². The fourth-order valence-electron chi connectivity index (χ4n) is 1.21. The summed E-state index contributed by atoms with van der Waals surface area (Å²) in [5.74, 6) is 0.450. The van der Waals surface area contributed by atoms with Gasteiger partial charge in [0.15, 0.2) is 11.6 Å². The van der Waals surface area contributed by atoms with Gasteiger partial charge in [0.2, 0.25) is 0 Å². The molecule has 0 radical (unpaired) electrons. The molecule has 2 heteroatoms. The van der Waals surface area contributed by atoms with Crippen molar-refractivity contribution in [3.05, 3.63) is 29.6 Å². The lowest BCUT2D eigenvalue weighted by molar-refractivity contribution is 0.301. The van der Waals surface area contributed by atoms with Crippen LogP contribution in [-0.2, 0) is 0 Å². The molecule has 14 heavy (non-hydrogen) atoms. The van der Waals surface area contributed by atoms with E-state index in [-0.39, 0.29) is 5.82 Å². The van der Waals surface area contributed by atoms with Gasteiger partial charge in [-0.15, -0.1) is 0 Å². The van der Waals surface area contributed by atoms with Crippen molar-refractivity contribution in [2.45, 2.75) is 33.1 Å². The lowest BCUT2D eigenvalue weighted by Gasteiger charge is -2.09. The van der Waals surface area contributed by atoms with Crippen LogP contribution in [0.3, 0.4) is 0 Å². The summed E-state index contributed by atoms with van der Waals surface area (Å²) >= 11 is 0. The van der Waals surface area contributed by atoms with Crippen LogP contribution in [0.4, 0.5) is 4.39 Å². The minimum atomic E-state index is -0.260. The van der Waals surface area contributed by atoms with E-state index >= 15 is 0 Å². The average Bonchev–Trinajstić information content (AvgIpc) is 2.15. The Labute approximate surface area is 84.9 Å². The molecule has 0 N–H and O–H groups in total. The summed E-state index contributed by atoms with van der Waals surface area (Å²) in [6.07, 6.45) is 0.894. The Balaban J connectivity index is 2.79. The summed E-state index contributed by atoms with van der Waals surface area (Å²) in [5.41, 5.74) is 1.01. The molecule has 1 rings (SSSR count). The highest BCUT2D eigenvalue weighted by atomic mass is 19.1. The molecule has 0 aliphatic carbocycles. The first kappa shape index (κ1) is 11.0. The predicted octanol–water partition coefficient (Wildman–Crippen LogP) is 3.74. The summed E-state index contributed by atoms with van der Waals surface area (Å²) < 4.78 is 18.7. The molecular weight excluding hydrogens is 179 g/mol. The Kier molecular flexibility index (Phi) is 3.93. The maximum absolute atomic E-state index is 13.4. The summed E-state index contributed by atoms with van der Waals surface area (Å²) in [4.78, 5) is 0. The first-order valence-corrected chi connectivity index (χ1v) is 5.07. The van der Waals surface area contributed by atoms with Crippen LogP contribution in [0.2, 0.25) is 0 Å². The SMILES string of the molecule is CCCOc1ccc(C(C)C)cc1F. The molecule has 0 amide bonds. The first-order chi connectivity index (χ1) is 6.65. The zero-order valence-corrected chi connectivity index (χ0v) is 9.01. The summed E-state index contributed by atoms with van der Waals surface area (Å²) in [6.45, 7) is 6.65. The van der Waals surface area contributed by atoms with E-state index in [4.69, 9.17) is 4.74 Å². The highest BCUT2D eigenvalue weighted by Crippen LogP contribution is 2.22. The minimum absolute atomic E-state index is 0.260. The molecule has 0 aliphatic rings. The van der Waals surface area contributed by atoms with Gasteiger partial charge < -0.3 is 4.74 Å². The molecule has 0 atom stereocenters. The van der Waals surface area contributed by atoms with Crippen molar-refractivity contribution in [3.8, 4) is 5.75 Å². The second kappa shape index (κ2) is 4.99. The third-order valence-corrected chi connectivity index (χ3v) is 2.08. The van der Waals surface area contributed by atoms with Crippen LogP contribution < -0.4 is 4.74 Å². The molecule has 1 aromatic rings. The molecule has 1 aromatic carbocycles. The van der Waals surface area contributed by atoms with Crippen LogP contribution in [0.25, 0.3) is 0 Å². The van der Waals surface area contributed by atoms with Crippen molar-refractivity contribution in [1.82, 2.24) is 0 Å². The van der Waals surface area contributed by atoms with Gasteiger partial charge in [0.05, 0.1) is 6.61 Å². The maximum Gasteiger partial charge on any atom is 0.165 e. The van der Waals surface area contributed by atoms with Crippen molar-refractivity contribution in [1.29, 1.82) is 0 Å². The van der Waals surface area contributed by atoms with E-state index < -0.39 is 0 Å². The highest BCUT2D eigenvalue weighted by Gasteiger charge is 2.06. The van der Waals surface area contributed by atoms with E-state index in [1.54, 1.807) is 12.1 Å². The molecule has 0 spiro atoms. The lowest BCUT2D eigenvalue weighted by atomic mass is 10.0. The van der Waals surface area contributed by atoms with Crippen LogP contribution in [0.1, 0.15) is 38.7 Å². The molecule has 0 heterocycles. The third-order valence-electron chi connectivity index (χ3n) is 2.08. The van der Waals surface area contributed by atoms with Crippen LogP contribution >= 0.6 is 0 Å². The highest BCUT2D eigenvalue weighted by molar-refractivity contribution is 5.30. The van der Waals surface area contributed by atoms with Crippen LogP contribution in [0, 0.1) is 5.82 Å². The number of ether oxygens (including phenoxy) is 1. The van der Waals surface area contributed by atoms with E-state index in [1.165, 1.54) is 0 Å². The van der Waals surface area contributed by atoms with E-state index in [9.17, 15) is 4.39 Å². The molecule has 0 saturated carbocycles. The first-order valence-electron chi connectivity index (χ1n) is 5.07. The largest absolute Gasteiger partial charge is 0.491 e. The van der Waals surface area contributed by atoms with Gasteiger partial charge in [-0.3, -0.25) is 0 Å². The zero-order chi connectivity index (χ0) is 10.6. The minimum Gasteiger partial charge on any atom is -0.491 e. The standard InChI is InChI=1S/C12H17FO/c1-4-7-14-12-6-5-10(9(2)3)8-11(12)13/h5-6,8-9H,4,7H2,1-3H3. The molecule has 1 nitrogen and oxygen atoms in total. The van der Waals surface area contributed by atoms with Crippen LogP contribution in [0.5, 0.6) is 5.75 Å². The molecule has 78 valence electrons. The number of hydrogen-bond acceptors (Lipinski definition) is 1. The second-order valence-electron chi connectivity index (χ2n) is 3.69. The Morgan fingerprint density at radius 2 is 2.07 bits per heavy atom. The zero-order valence-electron chi connectivity index (χ0n) is 9.01. The van der Waals surface area contributed by atoms with E-state index in [1.807, 2.05) is 26.8 Å². The van der Waals surface area contributed by atoms with E-state index in [0.717, 1.165) is 12.0 Å². The summed E-state index contributed by atoms with van der Waals surface area (Å²) in [5, 5.41) is 0. The van der Waals surface area contributed by atoms with Crippen LogP contribution in [0.15, 0.2) is 18.2 Å². The van der Waals surface area contributed by atoms with Crippen molar-refractivity contribution in [3.63, 3.8) is 0 Å². The van der Waals surface area contributed by atoms with Crippen molar-refractivity contribution < 1.29 is 9.13 Å². The third kappa shape index (κ3) is 2.72. The molecule has 0 unspecified atom stereocenters. The number of hydrogen-bond donors (Lipinski definition) is 0. The second-order valence-corrected chi connectivity index (χ2v) is 3.69. The normalized spacial score (nSPS) is 10.6. The molecule has 0 bridgehead atoms.